The lowest BCUT2D eigenvalue weighted by molar-refractivity contribution is 0.171. The minimum atomic E-state index is 0. The zero-order valence-corrected chi connectivity index (χ0v) is 20.7. The number of thioether (sulfide) groups is 1. The van der Waals surface area contributed by atoms with Gasteiger partial charge in [0, 0.05) is 51.4 Å². The van der Waals surface area contributed by atoms with E-state index >= 15 is 0 Å². The monoisotopic (exact) mass is 522 g/mol. The first-order valence-corrected chi connectivity index (χ1v) is 11.1. The van der Waals surface area contributed by atoms with Crippen LogP contribution in [0.15, 0.2) is 23.2 Å². The number of nitrogens with zero attached hydrogens (tertiary/aromatic N) is 3. The summed E-state index contributed by atoms with van der Waals surface area (Å²) in [4.78, 5) is 9.64. The van der Waals surface area contributed by atoms with E-state index in [-0.39, 0.29) is 24.0 Å². The summed E-state index contributed by atoms with van der Waals surface area (Å²) >= 11 is 1.88. The summed E-state index contributed by atoms with van der Waals surface area (Å²) in [6, 6.07) is 5.99. The van der Waals surface area contributed by atoms with Crippen molar-refractivity contribution in [3.05, 3.63) is 23.8 Å². The Balaban J connectivity index is 0.00000392. The van der Waals surface area contributed by atoms with Crippen molar-refractivity contribution >= 4 is 41.7 Å². The van der Waals surface area contributed by atoms with Crippen LogP contribution in [-0.4, -0.2) is 81.3 Å². The van der Waals surface area contributed by atoms with Crippen LogP contribution < -0.4 is 14.8 Å². The van der Waals surface area contributed by atoms with Crippen molar-refractivity contribution in [2.24, 2.45) is 4.99 Å². The third-order valence-electron chi connectivity index (χ3n) is 4.66. The molecule has 0 radical (unpaired) electrons. The van der Waals surface area contributed by atoms with Crippen LogP contribution in [0.1, 0.15) is 18.9 Å². The van der Waals surface area contributed by atoms with Crippen molar-refractivity contribution in [2.75, 3.05) is 65.5 Å². The van der Waals surface area contributed by atoms with Crippen LogP contribution in [0, 0.1) is 0 Å². The normalized spacial score (nSPS) is 15.1. The summed E-state index contributed by atoms with van der Waals surface area (Å²) in [7, 11) is 3.42. The molecule has 160 valence electrons. The SMILES string of the molecule is CCNC(=NCCCSC)N1CCN(Cc2cc(OC)ccc2OC)CC1.I. The Kier molecular flexibility index (Phi) is 12.7. The fourth-order valence-corrected chi connectivity index (χ4v) is 3.60. The first-order valence-electron chi connectivity index (χ1n) is 9.67. The molecule has 0 aliphatic carbocycles. The van der Waals surface area contributed by atoms with Crippen molar-refractivity contribution in [1.82, 2.24) is 15.1 Å². The molecule has 6 nitrogen and oxygen atoms in total. The van der Waals surface area contributed by atoms with Crippen LogP contribution in [0.5, 0.6) is 11.5 Å². The molecular weight excluding hydrogens is 487 g/mol. The van der Waals surface area contributed by atoms with E-state index in [0.717, 1.165) is 69.7 Å². The number of nitrogens with one attached hydrogen (secondary N) is 1. The highest BCUT2D eigenvalue weighted by molar-refractivity contribution is 14.0. The average molecular weight is 522 g/mol. The number of halogens is 1. The summed E-state index contributed by atoms with van der Waals surface area (Å²) in [5.41, 5.74) is 1.17. The summed E-state index contributed by atoms with van der Waals surface area (Å²) in [5.74, 6) is 4.01. The summed E-state index contributed by atoms with van der Waals surface area (Å²) in [6.45, 7) is 8.79. The minimum Gasteiger partial charge on any atom is -0.497 e. The second-order valence-corrected chi connectivity index (χ2v) is 7.51. The van der Waals surface area contributed by atoms with E-state index in [2.05, 4.69) is 34.4 Å². The van der Waals surface area contributed by atoms with Gasteiger partial charge in [-0.2, -0.15) is 11.8 Å². The van der Waals surface area contributed by atoms with E-state index in [1.165, 1.54) is 11.3 Å². The Morgan fingerprint density at radius 3 is 2.54 bits per heavy atom. The number of aliphatic imine (C=N–C) groups is 1. The molecule has 0 bridgehead atoms. The Labute approximate surface area is 191 Å². The third kappa shape index (κ3) is 7.87. The molecule has 8 heteroatoms. The second kappa shape index (κ2) is 14.2. The summed E-state index contributed by atoms with van der Waals surface area (Å²) in [6.07, 6.45) is 3.27. The van der Waals surface area contributed by atoms with Crippen LogP contribution in [0.2, 0.25) is 0 Å². The van der Waals surface area contributed by atoms with Gasteiger partial charge >= 0.3 is 0 Å². The van der Waals surface area contributed by atoms with Crippen molar-refractivity contribution < 1.29 is 9.47 Å². The molecule has 1 N–H and O–H groups in total. The summed E-state index contributed by atoms with van der Waals surface area (Å²) < 4.78 is 10.9. The van der Waals surface area contributed by atoms with Gasteiger partial charge in [-0.05, 0) is 43.6 Å². The number of benzene rings is 1. The first kappa shape index (κ1) is 25.2. The molecule has 0 amide bonds. The van der Waals surface area contributed by atoms with Gasteiger partial charge in [0.05, 0.1) is 14.2 Å². The fraction of sp³-hybridized carbons (Fsp3) is 0.650. The van der Waals surface area contributed by atoms with E-state index in [9.17, 15) is 0 Å². The molecule has 2 rings (SSSR count). The maximum atomic E-state index is 5.52. The lowest BCUT2D eigenvalue weighted by Gasteiger charge is -2.36. The number of hydrogen-bond donors (Lipinski definition) is 1. The van der Waals surface area contributed by atoms with E-state index in [1.807, 2.05) is 23.9 Å². The van der Waals surface area contributed by atoms with Gasteiger partial charge in [0.1, 0.15) is 11.5 Å². The Bertz CT molecular complexity index is 596. The van der Waals surface area contributed by atoms with Crippen molar-refractivity contribution in [3.8, 4) is 11.5 Å². The number of rotatable bonds is 9. The van der Waals surface area contributed by atoms with E-state index < -0.39 is 0 Å². The van der Waals surface area contributed by atoms with E-state index in [1.54, 1.807) is 14.2 Å². The zero-order valence-electron chi connectivity index (χ0n) is 17.6. The predicted molar refractivity (Wildman–Crippen MR) is 131 cm³/mol. The highest BCUT2D eigenvalue weighted by Gasteiger charge is 2.20. The minimum absolute atomic E-state index is 0. The van der Waals surface area contributed by atoms with Crippen LogP contribution in [-0.2, 0) is 6.54 Å². The first-order chi connectivity index (χ1) is 13.2. The molecule has 1 saturated heterocycles. The fourth-order valence-electron chi connectivity index (χ4n) is 3.18. The maximum Gasteiger partial charge on any atom is 0.194 e. The topological polar surface area (TPSA) is 49.3 Å². The summed E-state index contributed by atoms with van der Waals surface area (Å²) in [5, 5.41) is 3.44. The van der Waals surface area contributed by atoms with E-state index in [4.69, 9.17) is 14.5 Å². The van der Waals surface area contributed by atoms with Crippen LogP contribution in [0.3, 0.4) is 0 Å². The molecule has 1 aliphatic rings. The Morgan fingerprint density at radius 2 is 1.93 bits per heavy atom. The van der Waals surface area contributed by atoms with E-state index in [0.29, 0.717) is 0 Å². The van der Waals surface area contributed by atoms with Gasteiger partial charge in [-0.25, -0.2) is 0 Å². The molecule has 1 aromatic carbocycles. The number of ether oxygens (including phenoxy) is 2. The highest BCUT2D eigenvalue weighted by atomic mass is 127. The second-order valence-electron chi connectivity index (χ2n) is 6.52. The third-order valence-corrected chi connectivity index (χ3v) is 5.35. The quantitative estimate of drug-likeness (QED) is 0.233. The van der Waals surface area contributed by atoms with Gasteiger partial charge in [-0.3, -0.25) is 9.89 Å². The number of hydrogen-bond acceptors (Lipinski definition) is 5. The van der Waals surface area contributed by atoms with Crippen LogP contribution >= 0.6 is 35.7 Å². The molecule has 1 heterocycles. The predicted octanol–water partition coefficient (Wildman–Crippen LogP) is 3.16. The number of methoxy groups -OCH3 is 2. The molecule has 1 aromatic rings. The molecule has 0 spiro atoms. The number of guanidine groups is 1. The van der Waals surface area contributed by atoms with Crippen molar-refractivity contribution in [3.63, 3.8) is 0 Å². The Morgan fingerprint density at radius 1 is 1.18 bits per heavy atom. The average Bonchev–Trinajstić information content (AvgIpc) is 2.71. The van der Waals surface area contributed by atoms with Gasteiger partial charge < -0.3 is 19.7 Å². The van der Waals surface area contributed by atoms with Gasteiger partial charge in [-0.15, -0.1) is 24.0 Å². The lowest BCUT2D eigenvalue weighted by Crippen LogP contribution is -2.52. The molecule has 1 aliphatic heterocycles. The van der Waals surface area contributed by atoms with Crippen molar-refractivity contribution in [2.45, 2.75) is 19.9 Å². The maximum absolute atomic E-state index is 5.52. The lowest BCUT2D eigenvalue weighted by atomic mass is 10.1. The van der Waals surface area contributed by atoms with Gasteiger partial charge in [0.25, 0.3) is 0 Å². The molecule has 0 saturated carbocycles. The molecule has 0 unspecified atom stereocenters. The molecule has 28 heavy (non-hydrogen) atoms. The zero-order chi connectivity index (χ0) is 19.5. The smallest absolute Gasteiger partial charge is 0.194 e. The van der Waals surface area contributed by atoms with Crippen molar-refractivity contribution in [1.29, 1.82) is 0 Å². The number of piperazine rings is 1. The van der Waals surface area contributed by atoms with Gasteiger partial charge in [-0.1, -0.05) is 0 Å². The largest absolute Gasteiger partial charge is 0.497 e. The van der Waals surface area contributed by atoms with Crippen LogP contribution in [0.25, 0.3) is 0 Å². The van der Waals surface area contributed by atoms with Gasteiger partial charge in [0.2, 0.25) is 0 Å². The molecule has 1 fully saturated rings. The standard InChI is InChI=1S/C20H34N4O2S.HI/c1-5-21-20(22-9-6-14-27-4)24-12-10-23(11-13-24)16-17-15-18(25-2)7-8-19(17)26-3;/h7-8,15H,5-6,9-14,16H2,1-4H3,(H,21,22);1H. The van der Waals surface area contributed by atoms with Crippen LogP contribution in [0.4, 0.5) is 0 Å². The highest BCUT2D eigenvalue weighted by Crippen LogP contribution is 2.25. The molecule has 0 atom stereocenters. The Hall–Kier alpha value is -0.870. The molecule has 0 aromatic heterocycles. The van der Waals surface area contributed by atoms with Gasteiger partial charge in [0.15, 0.2) is 5.96 Å². The molecular formula is C20H35IN4O2S.